The fourth-order valence-corrected chi connectivity index (χ4v) is 3.17. The van der Waals surface area contributed by atoms with E-state index in [2.05, 4.69) is 4.90 Å². The zero-order chi connectivity index (χ0) is 15.7. The van der Waals surface area contributed by atoms with E-state index in [9.17, 15) is 14.9 Å². The smallest absolute Gasteiger partial charge is 0.414 e. The number of cyclic esters (lactones) is 1. The van der Waals surface area contributed by atoms with Crippen LogP contribution in [0.5, 0.6) is 0 Å². The lowest BCUT2D eigenvalue weighted by Gasteiger charge is -2.18. The number of halogens is 1. The van der Waals surface area contributed by atoms with E-state index in [4.69, 9.17) is 16.3 Å². The molecule has 0 bridgehead atoms. The van der Waals surface area contributed by atoms with E-state index in [0.29, 0.717) is 18.8 Å². The molecule has 0 radical (unpaired) electrons. The number of ether oxygens (including phenoxy) is 1. The molecule has 2 heterocycles. The van der Waals surface area contributed by atoms with Crippen molar-refractivity contribution in [3.63, 3.8) is 0 Å². The maximum atomic E-state index is 12.0. The molecule has 8 heteroatoms. The second-order valence-corrected chi connectivity index (χ2v) is 5.92. The Bertz CT molecular complexity index is 604. The SMILES string of the molecule is O=C1OC(CN2CCCC2)CN1c1ccc([N+](=O)[O-])cc1Cl. The number of rotatable bonds is 4. The molecule has 0 spiro atoms. The molecular formula is C14H16ClN3O4. The monoisotopic (exact) mass is 325 g/mol. The van der Waals surface area contributed by atoms with E-state index in [0.717, 1.165) is 13.1 Å². The predicted molar refractivity (Wildman–Crippen MR) is 81.4 cm³/mol. The maximum Gasteiger partial charge on any atom is 0.414 e. The molecular weight excluding hydrogens is 310 g/mol. The number of amides is 1. The predicted octanol–water partition coefficient (Wildman–Crippen LogP) is 2.67. The van der Waals surface area contributed by atoms with Gasteiger partial charge >= 0.3 is 6.09 Å². The number of carbonyl (C=O) groups is 1. The van der Waals surface area contributed by atoms with Gasteiger partial charge in [-0.2, -0.15) is 0 Å². The molecule has 1 amide bonds. The Morgan fingerprint density at radius 1 is 1.36 bits per heavy atom. The first-order chi connectivity index (χ1) is 10.5. The fourth-order valence-electron chi connectivity index (χ4n) is 2.89. The largest absolute Gasteiger partial charge is 0.443 e. The van der Waals surface area contributed by atoms with Crippen LogP contribution in [0.3, 0.4) is 0 Å². The van der Waals surface area contributed by atoms with E-state index < -0.39 is 11.0 Å². The molecule has 2 aliphatic rings. The Morgan fingerprint density at radius 3 is 2.73 bits per heavy atom. The normalized spacial score (nSPS) is 22.1. The summed E-state index contributed by atoms with van der Waals surface area (Å²) < 4.78 is 5.38. The summed E-state index contributed by atoms with van der Waals surface area (Å²) >= 11 is 6.07. The Balaban J connectivity index is 1.72. The minimum atomic E-state index is -0.520. The van der Waals surface area contributed by atoms with E-state index in [-0.39, 0.29) is 16.8 Å². The number of anilines is 1. The van der Waals surface area contributed by atoms with Crippen molar-refractivity contribution in [2.24, 2.45) is 0 Å². The third kappa shape index (κ3) is 3.00. The summed E-state index contributed by atoms with van der Waals surface area (Å²) in [6, 6.07) is 4.07. The van der Waals surface area contributed by atoms with Crippen LogP contribution < -0.4 is 4.90 Å². The van der Waals surface area contributed by atoms with Gasteiger partial charge in [-0.1, -0.05) is 11.6 Å². The van der Waals surface area contributed by atoms with Gasteiger partial charge in [-0.05, 0) is 32.0 Å². The van der Waals surface area contributed by atoms with Crippen LogP contribution in [0.4, 0.5) is 16.2 Å². The van der Waals surface area contributed by atoms with Gasteiger partial charge in [-0.15, -0.1) is 0 Å². The van der Waals surface area contributed by atoms with Crippen LogP contribution in [-0.2, 0) is 4.74 Å². The van der Waals surface area contributed by atoms with Crippen molar-refractivity contribution in [3.05, 3.63) is 33.3 Å². The zero-order valence-electron chi connectivity index (χ0n) is 11.9. The topological polar surface area (TPSA) is 75.9 Å². The van der Waals surface area contributed by atoms with Crippen molar-refractivity contribution in [3.8, 4) is 0 Å². The van der Waals surface area contributed by atoms with Gasteiger partial charge in [-0.3, -0.25) is 19.9 Å². The number of nitro benzene ring substituents is 1. The molecule has 1 atom stereocenters. The molecule has 2 fully saturated rings. The van der Waals surface area contributed by atoms with Gasteiger partial charge in [0.2, 0.25) is 0 Å². The molecule has 1 aromatic rings. The van der Waals surface area contributed by atoms with Crippen molar-refractivity contribution >= 4 is 29.1 Å². The molecule has 0 aliphatic carbocycles. The number of benzene rings is 1. The second kappa shape index (κ2) is 6.10. The Kier molecular flexibility index (Phi) is 4.17. The number of hydrogen-bond donors (Lipinski definition) is 0. The highest BCUT2D eigenvalue weighted by molar-refractivity contribution is 6.34. The summed E-state index contributed by atoms with van der Waals surface area (Å²) in [5.41, 5.74) is 0.344. The summed E-state index contributed by atoms with van der Waals surface area (Å²) in [6.45, 7) is 3.19. The second-order valence-electron chi connectivity index (χ2n) is 5.52. The average Bonchev–Trinajstić information content (AvgIpc) is 3.09. The van der Waals surface area contributed by atoms with E-state index in [1.165, 1.54) is 35.9 Å². The molecule has 2 saturated heterocycles. The Labute approximate surface area is 132 Å². The lowest BCUT2D eigenvalue weighted by atomic mass is 10.2. The van der Waals surface area contributed by atoms with Gasteiger partial charge in [0.05, 0.1) is 22.2 Å². The molecule has 0 aromatic heterocycles. The van der Waals surface area contributed by atoms with Crippen molar-refractivity contribution in [2.75, 3.05) is 31.1 Å². The standard InChI is InChI=1S/C14H16ClN3O4/c15-12-7-10(18(20)21)3-4-13(12)17-9-11(22-14(17)19)8-16-5-1-2-6-16/h3-4,7,11H,1-2,5-6,8-9H2. The number of likely N-dealkylation sites (tertiary alicyclic amines) is 1. The molecule has 7 nitrogen and oxygen atoms in total. The maximum absolute atomic E-state index is 12.0. The summed E-state index contributed by atoms with van der Waals surface area (Å²) in [4.78, 5) is 25.9. The van der Waals surface area contributed by atoms with Crippen LogP contribution in [0, 0.1) is 10.1 Å². The van der Waals surface area contributed by atoms with Gasteiger partial charge in [-0.25, -0.2) is 4.79 Å². The van der Waals surface area contributed by atoms with Crippen LogP contribution in [-0.4, -0.2) is 48.2 Å². The molecule has 2 aliphatic heterocycles. The van der Waals surface area contributed by atoms with Crippen LogP contribution in [0.25, 0.3) is 0 Å². The molecule has 0 saturated carbocycles. The highest BCUT2D eigenvalue weighted by Crippen LogP contribution is 2.32. The van der Waals surface area contributed by atoms with Crippen molar-refractivity contribution < 1.29 is 14.5 Å². The third-order valence-electron chi connectivity index (χ3n) is 3.97. The van der Waals surface area contributed by atoms with E-state index >= 15 is 0 Å². The van der Waals surface area contributed by atoms with E-state index in [1.807, 2.05) is 0 Å². The van der Waals surface area contributed by atoms with E-state index in [1.54, 1.807) is 0 Å². The Morgan fingerprint density at radius 2 is 2.09 bits per heavy atom. The van der Waals surface area contributed by atoms with Crippen LogP contribution >= 0.6 is 11.6 Å². The fraction of sp³-hybridized carbons (Fsp3) is 0.500. The van der Waals surface area contributed by atoms with Crippen molar-refractivity contribution in [1.29, 1.82) is 0 Å². The first-order valence-corrected chi connectivity index (χ1v) is 7.57. The number of nitrogens with zero attached hydrogens (tertiary/aromatic N) is 3. The third-order valence-corrected chi connectivity index (χ3v) is 4.27. The molecule has 1 unspecified atom stereocenters. The van der Waals surface area contributed by atoms with Crippen molar-refractivity contribution in [1.82, 2.24) is 4.90 Å². The van der Waals surface area contributed by atoms with Gasteiger partial charge < -0.3 is 4.74 Å². The number of nitro groups is 1. The lowest BCUT2D eigenvalue weighted by molar-refractivity contribution is -0.384. The Hall–Kier alpha value is -1.86. The first kappa shape index (κ1) is 15.1. The molecule has 1 aromatic carbocycles. The lowest BCUT2D eigenvalue weighted by Crippen LogP contribution is -2.33. The minimum Gasteiger partial charge on any atom is -0.443 e. The average molecular weight is 326 g/mol. The summed E-state index contributed by atoms with van der Waals surface area (Å²) in [7, 11) is 0. The first-order valence-electron chi connectivity index (χ1n) is 7.19. The highest BCUT2D eigenvalue weighted by Gasteiger charge is 2.35. The molecule has 3 rings (SSSR count). The quantitative estimate of drug-likeness (QED) is 0.628. The minimum absolute atomic E-state index is 0.102. The number of non-ortho nitro benzene ring substituents is 1. The highest BCUT2D eigenvalue weighted by atomic mass is 35.5. The van der Waals surface area contributed by atoms with Gasteiger partial charge in [0.25, 0.3) is 5.69 Å². The molecule has 0 N–H and O–H groups in total. The van der Waals surface area contributed by atoms with Gasteiger partial charge in [0.15, 0.2) is 0 Å². The van der Waals surface area contributed by atoms with Gasteiger partial charge in [0, 0.05) is 18.7 Å². The summed E-state index contributed by atoms with van der Waals surface area (Å²) in [5, 5.41) is 10.9. The number of hydrogen-bond acceptors (Lipinski definition) is 5. The molecule has 22 heavy (non-hydrogen) atoms. The molecule has 118 valence electrons. The summed E-state index contributed by atoms with van der Waals surface area (Å²) in [6.07, 6.45) is 1.70. The zero-order valence-corrected chi connectivity index (χ0v) is 12.7. The van der Waals surface area contributed by atoms with Crippen molar-refractivity contribution in [2.45, 2.75) is 18.9 Å². The van der Waals surface area contributed by atoms with Gasteiger partial charge in [0.1, 0.15) is 6.10 Å². The number of carbonyl (C=O) groups excluding carboxylic acids is 1. The van der Waals surface area contributed by atoms with Crippen LogP contribution in [0.1, 0.15) is 12.8 Å². The summed E-state index contributed by atoms with van der Waals surface area (Å²) in [5.74, 6) is 0. The van der Waals surface area contributed by atoms with Crippen LogP contribution in [0.15, 0.2) is 18.2 Å². The van der Waals surface area contributed by atoms with Crippen LogP contribution in [0.2, 0.25) is 5.02 Å².